The van der Waals surface area contributed by atoms with Crippen molar-refractivity contribution in [2.75, 3.05) is 13.2 Å². The van der Waals surface area contributed by atoms with Gasteiger partial charge in [0.1, 0.15) is 5.75 Å². The third kappa shape index (κ3) is 4.86. The summed E-state index contributed by atoms with van der Waals surface area (Å²) in [4.78, 5) is 0. The number of aryl methyl sites for hydroxylation is 1. The van der Waals surface area contributed by atoms with Crippen molar-refractivity contribution in [3.63, 3.8) is 0 Å². The molecular formula is C13H19ClO2. The Bertz CT molecular complexity index is 313. The molecule has 0 fully saturated rings. The van der Waals surface area contributed by atoms with Crippen molar-refractivity contribution in [2.45, 2.75) is 32.6 Å². The zero-order chi connectivity index (χ0) is 11.8. The summed E-state index contributed by atoms with van der Waals surface area (Å²) >= 11 is 5.86. The summed E-state index contributed by atoms with van der Waals surface area (Å²) in [6.07, 6.45) is 4.09. The van der Waals surface area contributed by atoms with Gasteiger partial charge in [-0.2, -0.15) is 0 Å². The Balaban J connectivity index is 2.21. The van der Waals surface area contributed by atoms with E-state index in [1.54, 1.807) is 0 Å². The summed E-state index contributed by atoms with van der Waals surface area (Å²) < 4.78 is 5.65. The summed E-state index contributed by atoms with van der Waals surface area (Å²) in [5.74, 6) is 0.909. The van der Waals surface area contributed by atoms with Gasteiger partial charge in [0.2, 0.25) is 0 Å². The maximum absolute atomic E-state index is 8.62. The maximum atomic E-state index is 8.62. The number of benzene rings is 1. The molecule has 0 saturated heterocycles. The standard InChI is InChI=1S/C13H19ClO2/c1-11-10-12(14)6-7-13(11)16-9-5-3-2-4-8-15/h6-7,10,15H,2-5,8-9H2,1H3. The quantitative estimate of drug-likeness (QED) is 0.741. The van der Waals surface area contributed by atoms with E-state index < -0.39 is 0 Å². The summed E-state index contributed by atoms with van der Waals surface area (Å²) in [6, 6.07) is 5.66. The van der Waals surface area contributed by atoms with E-state index in [9.17, 15) is 0 Å². The molecule has 0 heterocycles. The average molecular weight is 243 g/mol. The minimum absolute atomic E-state index is 0.289. The van der Waals surface area contributed by atoms with Crippen LogP contribution in [-0.2, 0) is 0 Å². The lowest BCUT2D eigenvalue weighted by atomic mass is 10.2. The highest BCUT2D eigenvalue weighted by atomic mass is 35.5. The number of aliphatic hydroxyl groups excluding tert-OH is 1. The third-order valence-corrected chi connectivity index (χ3v) is 2.68. The van der Waals surface area contributed by atoms with Gasteiger partial charge in [-0.1, -0.05) is 18.0 Å². The molecule has 90 valence electrons. The molecule has 0 aliphatic carbocycles. The van der Waals surface area contributed by atoms with Crippen LogP contribution < -0.4 is 4.74 Å². The Kier molecular flexibility index (Phi) is 6.27. The summed E-state index contributed by atoms with van der Waals surface area (Å²) in [6.45, 7) is 3.01. The van der Waals surface area contributed by atoms with Crippen LogP contribution in [0.2, 0.25) is 5.02 Å². The first-order chi connectivity index (χ1) is 7.74. The van der Waals surface area contributed by atoms with Crippen molar-refractivity contribution in [1.29, 1.82) is 0 Å². The van der Waals surface area contributed by atoms with Crippen LogP contribution in [-0.4, -0.2) is 18.3 Å². The highest BCUT2D eigenvalue weighted by Gasteiger charge is 1.99. The topological polar surface area (TPSA) is 29.5 Å². The van der Waals surface area contributed by atoms with Gasteiger partial charge in [-0.05, 0) is 49.9 Å². The molecular weight excluding hydrogens is 224 g/mol. The van der Waals surface area contributed by atoms with Crippen molar-refractivity contribution in [2.24, 2.45) is 0 Å². The predicted octanol–water partition coefficient (Wildman–Crippen LogP) is 3.58. The van der Waals surface area contributed by atoms with Gasteiger partial charge in [0.15, 0.2) is 0 Å². The summed E-state index contributed by atoms with van der Waals surface area (Å²) in [5, 5.41) is 9.36. The molecule has 0 radical (unpaired) electrons. The van der Waals surface area contributed by atoms with E-state index in [1.807, 2.05) is 25.1 Å². The first-order valence-electron chi connectivity index (χ1n) is 5.74. The fourth-order valence-electron chi connectivity index (χ4n) is 1.52. The zero-order valence-electron chi connectivity index (χ0n) is 9.71. The lowest BCUT2D eigenvalue weighted by Gasteiger charge is -2.08. The number of halogens is 1. The maximum Gasteiger partial charge on any atom is 0.122 e. The molecule has 3 heteroatoms. The van der Waals surface area contributed by atoms with Gasteiger partial charge in [0, 0.05) is 11.6 Å². The Morgan fingerprint density at radius 3 is 2.62 bits per heavy atom. The first-order valence-corrected chi connectivity index (χ1v) is 6.11. The molecule has 0 aromatic heterocycles. The van der Waals surface area contributed by atoms with Crippen LogP contribution in [0.3, 0.4) is 0 Å². The van der Waals surface area contributed by atoms with Gasteiger partial charge < -0.3 is 9.84 Å². The normalized spacial score (nSPS) is 10.4. The van der Waals surface area contributed by atoms with Crippen molar-refractivity contribution in [3.8, 4) is 5.75 Å². The molecule has 2 nitrogen and oxygen atoms in total. The zero-order valence-corrected chi connectivity index (χ0v) is 10.5. The molecule has 1 N–H and O–H groups in total. The van der Waals surface area contributed by atoms with Crippen molar-refractivity contribution >= 4 is 11.6 Å². The molecule has 1 rings (SSSR count). The molecule has 0 unspecified atom stereocenters. The second-order valence-electron chi connectivity index (χ2n) is 3.90. The number of unbranched alkanes of at least 4 members (excludes halogenated alkanes) is 3. The molecule has 0 amide bonds. The van der Waals surface area contributed by atoms with E-state index in [0.717, 1.165) is 48.6 Å². The Morgan fingerprint density at radius 2 is 1.94 bits per heavy atom. The van der Waals surface area contributed by atoms with Crippen LogP contribution in [0.15, 0.2) is 18.2 Å². The molecule has 0 aliphatic heterocycles. The second kappa shape index (κ2) is 7.53. The Morgan fingerprint density at radius 1 is 1.19 bits per heavy atom. The Hall–Kier alpha value is -0.730. The van der Waals surface area contributed by atoms with Gasteiger partial charge >= 0.3 is 0 Å². The number of hydrogen-bond acceptors (Lipinski definition) is 2. The molecule has 0 aliphatic rings. The SMILES string of the molecule is Cc1cc(Cl)ccc1OCCCCCCO. The highest BCUT2D eigenvalue weighted by molar-refractivity contribution is 6.30. The van der Waals surface area contributed by atoms with Crippen LogP contribution in [0.4, 0.5) is 0 Å². The number of aliphatic hydroxyl groups is 1. The summed E-state index contributed by atoms with van der Waals surface area (Å²) in [5.41, 5.74) is 1.07. The highest BCUT2D eigenvalue weighted by Crippen LogP contribution is 2.21. The van der Waals surface area contributed by atoms with Crippen molar-refractivity contribution < 1.29 is 9.84 Å². The van der Waals surface area contributed by atoms with Gasteiger partial charge in [0.25, 0.3) is 0 Å². The van der Waals surface area contributed by atoms with E-state index in [4.69, 9.17) is 21.4 Å². The molecule has 0 atom stereocenters. The molecule has 16 heavy (non-hydrogen) atoms. The summed E-state index contributed by atoms with van der Waals surface area (Å²) in [7, 11) is 0. The monoisotopic (exact) mass is 242 g/mol. The molecule has 0 saturated carbocycles. The minimum Gasteiger partial charge on any atom is -0.493 e. The minimum atomic E-state index is 0.289. The Labute approximate surface area is 102 Å². The predicted molar refractivity (Wildman–Crippen MR) is 67.2 cm³/mol. The first kappa shape index (κ1) is 13.3. The fraction of sp³-hybridized carbons (Fsp3) is 0.538. The van der Waals surface area contributed by atoms with E-state index in [2.05, 4.69) is 0 Å². The van der Waals surface area contributed by atoms with Crippen LogP contribution in [0, 0.1) is 6.92 Å². The van der Waals surface area contributed by atoms with Crippen molar-refractivity contribution in [1.82, 2.24) is 0 Å². The second-order valence-corrected chi connectivity index (χ2v) is 4.33. The fourth-order valence-corrected chi connectivity index (χ4v) is 1.75. The third-order valence-electron chi connectivity index (χ3n) is 2.45. The van der Waals surface area contributed by atoms with Gasteiger partial charge in [0.05, 0.1) is 6.61 Å². The van der Waals surface area contributed by atoms with Crippen molar-refractivity contribution in [3.05, 3.63) is 28.8 Å². The van der Waals surface area contributed by atoms with Gasteiger partial charge in [-0.25, -0.2) is 0 Å². The number of rotatable bonds is 7. The molecule has 1 aromatic rings. The van der Waals surface area contributed by atoms with E-state index in [-0.39, 0.29) is 6.61 Å². The van der Waals surface area contributed by atoms with Crippen LogP contribution in [0.1, 0.15) is 31.2 Å². The van der Waals surface area contributed by atoms with Crippen LogP contribution in [0.25, 0.3) is 0 Å². The molecule has 1 aromatic carbocycles. The molecule has 0 spiro atoms. The number of ether oxygens (including phenoxy) is 1. The lowest BCUT2D eigenvalue weighted by Crippen LogP contribution is -1.99. The number of hydrogen-bond donors (Lipinski definition) is 1. The van der Waals surface area contributed by atoms with Crippen LogP contribution in [0.5, 0.6) is 5.75 Å². The van der Waals surface area contributed by atoms with E-state index in [1.165, 1.54) is 0 Å². The van der Waals surface area contributed by atoms with Gasteiger partial charge in [-0.3, -0.25) is 0 Å². The lowest BCUT2D eigenvalue weighted by molar-refractivity contribution is 0.273. The average Bonchev–Trinajstić information content (AvgIpc) is 2.26. The van der Waals surface area contributed by atoms with E-state index >= 15 is 0 Å². The largest absolute Gasteiger partial charge is 0.493 e. The van der Waals surface area contributed by atoms with Crippen LogP contribution >= 0.6 is 11.6 Å². The smallest absolute Gasteiger partial charge is 0.122 e. The van der Waals surface area contributed by atoms with Gasteiger partial charge in [-0.15, -0.1) is 0 Å². The van der Waals surface area contributed by atoms with E-state index in [0.29, 0.717) is 0 Å². The molecule has 0 bridgehead atoms.